The maximum atomic E-state index is 9.72. The Morgan fingerprint density at radius 2 is 2.05 bits per heavy atom. The average molecular weight is 275 g/mol. The van der Waals surface area contributed by atoms with Crippen LogP contribution in [0.3, 0.4) is 0 Å². The van der Waals surface area contributed by atoms with Gasteiger partial charge >= 0.3 is 0 Å². The molecule has 4 N–H and O–H groups in total. The minimum absolute atomic E-state index is 0.0243. The highest BCUT2D eigenvalue weighted by atomic mass is 16.7. The normalized spacial score (nSPS) is 35.5. The summed E-state index contributed by atoms with van der Waals surface area (Å²) in [6.45, 7) is -0.466. The molecule has 0 aromatic carbocycles. The Labute approximate surface area is 109 Å². The van der Waals surface area contributed by atoms with Crippen LogP contribution in [0.25, 0.3) is 0 Å². The molecule has 1 aliphatic heterocycles. The summed E-state index contributed by atoms with van der Waals surface area (Å²) in [7, 11) is 1.70. The molecule has 0 aliphatic carbocycles. The minimum atomic E-state index is -1.45. The Hall–Kier alpha value is -1.10. The van der Waals surface area contributed by atoms with Crippen molar-refractivity contribution in [3.05, 3.63) is 11.9 Å². The molecule has 108 valence electrons. The molecule has 5 atom stereocenters. The lowest BCUT2D eigenvalue weighted by Crippen LogP contribution is -2.59. The SMILES string of the molecule is Cn1cc(CO[C@H]2O[C@H](CO)[C@@H](O)[C@H](O)[C@@H]2O)nn1. The minimum Gasteiger partial charge on any atom is -0.394 e. The molecule has 1 aliphatic rings. The summed E-state index contributed by atoms with van der Waals surface area (Å²) in [5, 5.41) is 45.4. The first-order chi connectivity index (χ1) is 9.02. The molecule has 1 fully saturated rings. The third-order valence-electron chi connectivity index (χ3n) is 2.89. The summed E-state index contributed by atoms with van der Waals surface area (Å²) < 4.78 is 11.9. The van der Waals surface area contributed by atoms with Crippen molar-refractivity contribution in [2.24, 2.45) is 7.05 Å². The van der Waals surface area contributed by atoms with Crippen molar-refractivity contribution in [3.63, 3.8) is 0 Å². The van der Waals surface area contributed by atoms with Crippen LogP contribution in [0.5, 0.6) is 0 Å². The molecule has 1 aromatic rings. The Bertz CT molecular complexity index is 412. The molecule has 2 heterocycles. The number of aromatic nitrogens is 3. The van der Waals surface area contributed by atoms with Crippen LogP contribution in [0.4, 0.5) is 0 Å². The van der Waals surface area contributed by atoms with E-state index in [0.29, 0.717) is 5.69 Å². The number of rotatable bonds is 4. The average Bonchev–Trinajstić information content (AvgIpc) is 2.81. The summed E-state index contributed by atoms with van der Waals surface area (Å²) in [6, 6.07) is 0. The van der Waals surface area contributed by atoms with E-state index in [0.717, 1.165) is 0 Å². The lowest BCUT2D eigenvalue weighted by atomic mass is 9.99. The number of hydrogen-bond acceptors (Lipinski definition) is 8. The van der Waals surface area contributed by atoms with Gasteiger partial charge in [-0.1, -0.05) is 5.21 Å². The smallest absolute Gasteiger partial charge is 0.187 e. The van der Waals surface area contributed by atoms with Gasteiger partial charge in [0.25, 0.3) is 0 Å². The highest BCUT2D eigenvalue weighted by molar-refractivity contribution is 4.91. The van der Waals surface area contributed by atoms with Gasteiger partial charge in [-0.25, -0.2) is 0 Å². The van der Waals surface area contributed by atoms with Gasteiger partial charge in [0.15, 0.2) is 6.29 Å². The van der Waals surface area contributed by atoms with Crippen LogP contribution >= 0.6 is 0 Å². The highest BCUT2D eigenvalue weighted by Crippen LogP contribution is 2.22. The molecular weight excluding hydrogens is 258 g/mol. The summed E-state index contributed by atoms with van der Waals surface area (Å²) in [4.78, 5) is 0. The quantitative estimate of drug-likeness (QED) is 0.461. The molecule has 1 saturated heterocycles. The molecule has 0 radical (unpaired) electrons. The number of aryl methyl sites for hydroxylation is 1. The second kappa shape index (κ2) is 5.90. The van der Waals surface area contributed by atoms with Gasteiger partial charge in [-0.2, -0.15) is 0 Å². The summed E-state index contributed by atoms with van der Waals surface area (Å²) in [5.41, 5.74) is 0.527. The number of ether oxygens (including phenoxy) is 2. The zero-order chi connectivity index (χ0) is 14.0. The number of aliphatic hydroxyl groups is 4. The van der Waals surface area contributed by atoms with Crippen molar-refractivity contribution in [1.29, 1.82) is 0 Å². The van der Waals surface area contributed by atoms with E-state index in [2.05, 4.69) is 10.3 Å². The van der Waals surface area contributed by atoms with Crippen LogP contribution < -0.4 is 0 Å². The maximum absolute atomic E-state index is 9.72. The third-order valence-corrected chi connectivity index (χ3v) is 2.89. The van der Waals surface area contributed by atoms with Crippen molar-refractivity contribution >= 4 is 0 Å². The molecule has 2 rings (SSSR count). The van der Waals surface area contributed by atoms with E-state index in [1.165, 1.54) is 4.68 Å². The topological polar surface area (TPSA) is 130 Å². The molecule has 9 nitrogen and oxygen atoms in total. The van der Waals surface area contributed by atoms with Crippen LogP contribution in [0.1, 0.15) is 5.69 Å². The van der Waals surface area contributed by atoms with E-state index in [9.17, 15) is 15.3 Å². The van der Waals surface area contributed by atoms with Crippen molar-refractivity contribution in [1.82, 2.24) is 15.0 Å². The zero-order valence-corrected chi connectivity index (χ0v) is 10.3. The lowest BCUT2D eigenvalue weighted by molar-refractivity contribution is -0.304. The van der Waals surface area contributed by atoms with Crippen molar-refractivity contribution in [2.75, 3.05) is 6.61 Å². The van der Waals surface area contributed by atoms with Crippen molar-refractivity contribution < 1.29 is 29.9 Å². The van der Waals surface area contributed by atoms with Gasteiger partial charge in [-0.05, 0) is 0 Å². The Kier molecular flexibility index (Phi) is 4.45. The fraction of sp³-hybridized carbons (Fsp3) is 0.800. The largest absolute Gasteiger partial charge is 0.394 e. The molecule has 0 saturated carbocycles. The van der Waals surface area contributed by atoms with Crippen LogP contribution in [0.2, 0.25) is 0 Å². The number of aliphatic hydroxyl groups excluding tert-OH is 4. The predicted molar refractivity (Wildman–Crippen MR) is 59.6 cm³/mol. The maximum Gasteiger partial charge on any atom is 0.187 e. The van der Waals surface area contributed by atoms with Gasteiger partial charge in [0.05, 0.1) is 19.4 Å². The lowest BCUT2D eigenvalue weighted by Gasteiger charge is -2.39. The predicted octanol–water partition coefficient (Wildman–Crippen LogP) is -2.87. The molecule has 0 bridgehead atoms. The van der Waals surface area contributed by atoms with E-state index < -0.39 is 37.3 Å². The summed E-state index contributed by atoms with van der Waals surface area (Å²) in [6.07, 6.45) is -4.75. The van der Waals surface area contributed by atoms with Crippen molar-refractivity contribution in [2.45, 2.75) is 37.3 Å². The van der Waals surface area contributed by atoms with Crippen LogP contribution in [-0.2, 0) is 23.1 Å². The Morgan fingerprint density at radius 3 is 2.63 bits per heavy atom. The molecule has 0 spiro atoms. The standard InChI is InChI=1S/C10H17N3O6/c1-13-2-5(11-12-13)4-18-10-9(17)8(16)7(15)6(3-14)19-10/h2,6-10,14-17H,3-4H2,1H3/t6-,7-,8+,9+,10+/m1/s1. The van der Waals surface area contributed by atoms with Crippen LogP contribution in [0, 0.1) is 0 Å². The summed E-state index contributed by atoms with van der Waals surface area (Å²) in [5.74, 6) is 0. The van der Waals surface area contributed by atoms with E-state index in [1.54, 1.807) is 13.2 Å². The molecule has 1 aromatic heterocycles. The van der Waals surface area contributed by atoms with Gasteiger partial charge < -0.3 is 29.9 Å². The first-order valence-electron chi connectivity index (χ1n) is 5.80. The van der Waals surface area contributed by atoms with Crippen LogP contribution in [0.15, 0.2) is 6.20 Å². The first kappa shape index (κ1) is 14.3. The monoisotopic (exact) mass is 275 g/mol. The summed E-state index contributed by atoms with van der Waals surface area (Å²) >= 11 is 0. The second-order valence-electron chi connectivity index (χ2n) is 4.39. The van der Waals surface area contributed by atoms with Gasteiger partial charge in [0, 0.05) is 7.05 Å². The Balaban J connectivity index is 1.95. The van der Waals surface area contributed by atoms with Gasteiger partial charge in [-0.15, -0.1) is 5.10 Å². The molecule has 9 heteroatoms. The second-order valence-corrected chi connectivity index (χ2v) is 4.39. The zero-order valence-electron chi connectivity index (χ0n) is 10.3. The van der Waals surface area contributed by atoms with Crippen molar-refractivity contribution in [3.8, 4) is 0 Å². The molecule has 19 heavy (non-hydrogen) atoms. The van der Waals surface area contributed by atoms with Gasteiger partial charge in [0.2, 0.25) is 0 Å². The van der Waals surface area contributed by atoms with Crippen LogP contribution in [-0.4, -0.2) is 72.7 Å². The highest BCUT2D eigenvalue weighted by Gasteiger charge is 2.44. The molecular formula is C10H17N3O6. The number of hydrogen-bond donors (Lipinski definition) is 4. The first-order valence-corrected chi connectivity index (χ1v) is 5.80. The molecule has 0 unspecified atom stereocenters. The fourth-order valence-corrected chi connectivity index (χ4v) is 1.83. The van der Waals surface area contributed by atoms with E-state index >= 15 is 0 Å². The fourth-order valence-electron chi connectivity index (χ4n) is 1.83. The Morgan fingerprint density at radius 1 is 1.32 bits per heavy atom. The van der Waals surface area contributed by atoms with Gasteiger partial charge in [-0.3, -0.25) is 4.68 Å². The van der Waals surface area contributed by atoms with Gasteiger partial charge in [0.1, 0.15) is 30.1 Å². The third kappa shape index (κ3) is 3.08. The van der Waals surface area contributed by atoms with E-state index in [4.69, 9.17) is 14.6 Å². The van der Waals surface area contributed by atoms with E-state index in [-0.39, 0.29) is 6.61 Å². The van der Waals surface area contributed by atoms with E-state index in [1.807, 2.05) is 0 Å². The number of nitrogens with zero attached hydrogens (tertiary/aromatic N) is 3. The molecule has 0 amide bonds.